The quantitative estimate of drug-likeness (QED) is 0.887. The molecule has 0 radical (unpaired) electrons. The van der Waals surface area contributed by atoms with Gasteiger partial charge in [0, 0.05) is 17.8 Å². The van der Waals surface area contributed by atoms with Gasteiger partial charge in [0.2, 0.25) is 0 Å². The summed E-state index contributed by atoms with van der Waals surface area (Å²) in [4.78, 5) is 13.2. The Balaban J connectivity index is 1.95. The summed E-state index contributed by atoms with van der Waals surface area (Å²) in [6.45, 7) is 0. The van der Waals surface area contributed by atoms with Gasteiger partial charge in [-0.15, -0.1) is 15.7 Å². The number of likely N-dealkylation sites (N-methyl/N-ethyl adjacent to an activating group) is 1. The molecule has 2 aromatic rings. The van der Waals surface area contributed by atoms with Crippen molar-refractivity contribution in [3.8, 4) is 0 Å². The van der Waals surface area contributed by atoms with Crippen LogP contribution in [0.3, 0.4) is 0 Å². The van der Waals surface area contributed by atoms with Gasteiger partial charge >= 0.3 is 10.2 Å². The second kappa shape index (κ2) is 6.39. The Labute approximate surface area is 148 Å². The summed E-state index contributed by atoms with van der Waals surface area (Å²) in [5.74, 6) is -0.563. The molecule has 124 valence electrons. The van der Waals surface area contributed by atoms with Crippen molar-refractivity contribution in [2.75, 3.05) is 12.4 Å². The minimum atomic E-state index is -3.96. The fourth-order valence-electron chi connectivity index (χ4n) is 2.07. The first-order valence-corrected chi connectivity index (χ1v) is 9.43. The number of rotatable bonds is 3. The average Bonchev–Trinajstić information content (AvgIpc) is 3.04. The molecule has 1 N–H and O–H groups in total. The SMILES string of the molecule is CN1C(C(=O)Nc2cccc(Cl)c2)=CC(c2cccs2)=NS1(=O)=O. The molecule has 1 aromatic carbocycles. The standard InChI is InChI=1S/C15H12ClN3O3S2/c1-19-13(15(20)17-11-5-2-4-10(16)8-11)9-12(18-24(19,21)22)14-6-3-7-23-14/h2-9H,1H3,(H,17,20). The van der Waals surface area contributed by atoms with Crippen molar-refractivity contribution < 1.29 is 13.2 Å². The highest BCUT2D eigenvalue weighted by molar-refractivity contribution is 7.88. The van der Waals surface area contributed by atoms with Gasteiger partial charge < -0.3 is 5.32 Å². The zero-order valence-electron chi connectivity index (χ0n) is 12.4. The average molecular weight is 382 g/mol. The Morgan fingerprint density at radius 3 is 2.75 bits per heavy atom. The lowest BCUT2D eigenvalue weighted by atomic mass is 10.2. The molecular weight excluding hydrogens is 370 g/mol. The van der Waals surface area contributed by atoms with Gasteiger partial charge in [0.25, 0.3) is 5.91 Å². The van der Waals surface area contributed by atoms with Crippen LogP contribution in [-0.2, 0) is 15.0 Å². The van der Waals surface area contributed by atoms with E-state index in [0.717, 1.165) is 4.31 Å². The Morgan fingerprint density at radius 1 is 1.29 bits per heavy atom. The molecular formula is C15H12ClN3O3S2. The Kier molecular flexibility index (Phi) is 4.44. The van der Waals surface area contributed by atoms with E-state index in [0.29, 0.717) is 15.6 Å². The third kappa shape index (κ3) is 3.35. The van der Waals surface area contributed by atoms with Crippen molar-refractivity contribution in [1.82, 2.24) is 4.31 Å². The second-order valence-corrected chi connectivity index (χ2v) is 7.90. The normalized spacial score (nSPS) is 16.3. The van der Waals surface area contributed by atoms with Crippen LogP contribution in [0.5, 0.6) is 0 Å². The number of benzene rings is 1. The van der Waals surface area contributed by atoms with Gasteiger partial charge in [-0.3, -0.25) is 4.79 Å². The molecule has 1 aliphatic heterocycles. The highest BCUT2D eigenvalue weighted by Gasteiger charge is 2.30. The summed E-state index contributed by atoms with van der Waals surface area (Å²) in [6.07, 6.45) is 1.45. The van der Waals surface area contributed by atoms with Crippen LogP contribution in [0.4, 0.5) is 5.69 Å². The molecule has 0 aliphatic carbocycles. The van der Waals surface area contributed by atoms with E-state index in [9.17, 15) is 13.2 Å². The molecule has 24 heavy (non-hydrogen) atoms. The van der Waals surface area contributed by atoms with Crippen molar-refractivity contribution in [3.05, 3.63) is 63.5 Å². The molecule has 2 heterocycles. The van der Waals surface area contributed by atoms with Gasteiger partial charge in [-0.25, -0.2) is 4.31 Å². The molecule has 0 atom stereocenters. The lowest BCUT2D eigenvalue weighted by Crippen LogP contribution is -2.35. The zero-order chi connectivity index (χ0) is 17.3. The number of carbonyl (C=O) groups excluding carboxylic acids is 1. The highest BCUT2D eigenvalue weighted by atomic mass is 35.5. The molecule has 6 nitrogen and oxygen atoms in total. The Bertz CT molecular complexity index is 950. The molecule has 0 saturated carbocycles. The summed E-state index contributed by atoms with van der Waals surface area (Å²) >= 11 is 7.23. The number of carbonyl (C=O) groups is 1. The predicted molar refractivity (Wildman–Crippen MR) is 95.7 cm³/mol. The molecule has 9 heteroatoms. The van der Waals surface area contributed by atoms with Crippen molar-refractivity contribution in [1.29, 1.82) is 0 Å². The summed E-state index contributed by atoms with van der Waals surface area (Å²) in [6, 6.07) is 10.1. The number of allylic oxidation sites excluding steroid dienone is 1. The van der Waals surface area contributed by atoms with Crippen LogP contribution in [0.1, 0.15) is 4.88 Å². The number of amides is 1. The summed E-state index contributed by atoms with van der Waals surface area (Å²) in [5, 5.41) is 4.91. The lowest BCUT2D eigenvalue weighted by molar-refractivity contribution is -0.113. The number of hydrogen-bond donors (Lipinski definition) is 1. The van der Waals surface area contributed by atoms with E-state index in [1.54, 1.807) is 36.4 Å². The number of nitrogens with zero attached hydrogens (tertiary/aromatic N) is 2. The number of thiophene rings is 1. The maximum Gasteiger partial charge on any atom is 0.345 e. The van der Waals surface area contributed by atoms with Crippen LogP contribution in [0.15, 0.2) is 57.9 Å². The summed E-state index contributed by atoms with van der Waals surface area (Å²) < 4.78 is 29.0. The monoisotopic (exact) mass is 381 g/mol. The van der Waals surface area contributed by atoms with Gasteiger partial charge in [0.05, 0.1) is 10.6 Å². The van der Waals surface area contributed by atoms with Crippen LogP contribution in [0.25, 0.3) is 0 Å². The van der Waals surface area contributed by atoms with E-state index < -0.39 is 16.1 Å². The highest BCUT2D eigenvalue weighted by Crippen LogP contribution is 2.23. The Morgan fingerprint density at radius 2 is 2.08 bits per heavy atom. The third-order valence-corrected chi connectivity index (χ3v) is 5.70. The van der Waals surface area contributed by atoms with Crippen LogP contribution >= 0.6 is 22.9 Å². The van der Waals surface area contributed by atoms with Crippen LogP contribution in [0.2, 0.25) is 5.02 Å². The van der Waals surface area contributed by atoms with E-state index in [1.165, 1.54) is 24.5 Å². The van der Waals surface area contributed by atoms with Crippen molar-refractivity contribution in [2.24, 2.45) is 4.40 Å². The third-order valence-electron chi connectivity index (χ3n) is 3.26. The molecule has 1 aromatic heterocycles. The molecule has 1 aliphatic rings. The first-order chi connectivity index (χ1) is 11.4. The number of nitrogens with one attached hydrogen (secondary N) is 1. The number of halogens is 1. The number of anilines is 1. The van der Waals surface area contributed by atoms with Crippen LogP contribution in [-0.4, -0.2) is 31.4 Å². The predicted octanol–water partition coefficient (Wildman–Crippen LogP) is 2.90. The van der Waals surface area contributed by atoms with E-state index in [1.807, 2.05) is 5.38 Å². The van der Waals surface area contributed by atoms with E-state index >= 15 is 0 Å². The van der Waals surface area contributed by atoms with Gasteiger partial charge in [0.1, 0.15) is 5.70 Å². The van der Waals surface area contributed by atoms with E-state index in [4.69, 9.17) is 11.6 Å². The van der Waals surface area contributed by atoms with Gasteiger partial charge in [-0.2, -0.15) is 8.42 Å². The first-order valence-electron chi connectivity index (χ1n) is 6.78. The van der Waals surface area contributed by atoms with Crippen molar-refractivity contribution in [2.45, 2.75) is 0 Å². The fraction of sp³-hybridized carbons (Fsp3) is 0.0667. The smallest absolute Gasteiger partial charge is 0.321 e. The van der Waals surface area contributed by atoms with Crippen LogP contribution in [0, 0.1) is 0 Å². The molecule has 0 saturated heterocycles. The molecule has 0 unspecified atom stereocenters. The van der Waals surface area contributed by atoms with Gasteiger partial charge in [-0.1, -0.05) is 23.7 Å². The maximum atomic E-state index is 12.5. The van der Waals surface area contributed by atoms with Gasteiger partial charge in [-0.05, 0) is 35.7 Å². The fourth-order valence-corrected chi connectivity index (χ4v) is 3.91. The van der Waals surface area contributed by atoms with Crippen molar-refractivity contribution >= 4 is 50.5 Å². The van der Waals surface area contributed by atoms with E-state index in [2.05, 4.69) is 9.71 Å². The molecule has 0 bridgehead atoms. The summed E-state index contributed by atoms with van der Waals surface area (Å²) in [7, 11) is -2.67. The Hall–Kier alpha value is -2.16. The minimum Gasteiger partial charge on any atom is -0.321 e. The van der Waals surface area contributed by atoms with Crippen molar-refractivity contribution in [3.63, 3.8) is 0 Å². The summed E-state index contributed by atoms with van der Waals surface area (Å²) in [5.41, 5.74) is 0.687. The largest absolute Gasteiger partial charge is 0.345 e. The lowest BCUT2D eigenvalue weighted by Gasteiger charge is -2.23. The first kappa shape index (κ1) is 16.7. The molecule has 1 amide bonds. The van der Waals surface area contributed by atoms with Crippen LogP contribution < -0.4 is 5.32 Å². The molecule has 3 rings (SSSR count). The number of hydrogen-bond acceptors (Lipinski definition) is 4. The molecule has 0 spiro atoms. The minimum absolute atomic E-state index is 0.0200. The van der Waals surface area contributed by atoms with E-state index in [-0.39, 0.29) is 11.4 Å². The topological polar surface area (TPSA) is 78.8 Å². The second-order valence-electron chi connectivity index (χ2n) is 4.89. The maximum absolute atomic E-state index is 12.5. The van der Waals surface area contributed by atoms with Gasteiger partial charge in [0.15, 0.2) is 0 Å². The molecule has 0 fully saturated rings. The zero-order valence-corrected chi connectivity index (χ0v) is 14.8.